The van der Waals surface area contributed by atoms with Gasteiger partial charge in [0, 0.05) is 0 Å². The summed E-state index contributed by atoms with van der Waals surface area (Å²) in [5.41, 5.74) is 4.50. The maximum Gasteiger partial charge on any atom is 0.414 e. The Kier molecular flexibility index (Phi) is 7.38. The van der Waals surface area contributed by atoms with E-state index in [2.05, 4.69) is 5.73 Å². The molecule has 0 spiro atoms. The molecule has 0 saturated heterocycles. The Morgan fingerprint density at radius 3 is 1.25 bits per heavy atom. The Balaban J connectivity index is 0. The van der Waals surface area contributed by atoms with Crippen molar-refractivity contribution in [2.24, 2.45) is 5.73 Å². The molecule has 0 amide bonds. The van der Waals surface area contributed by atoms with E-state index in [9.17, 15) is 0 Å². The zero-order valence-corrected chi connectivity index (χ0v) is 4.29. The van der Waals surface area contributed by atoms with Gasteiger partial charge in [0.2, 0.25) is 0 Å². The van der Waals surface area contributed by atoms with Gasteiger partial charge in [-0.2, -0.15) is 0 Å². The van der Waals surface area contributed by atoms with Crippen molar-refractivity contribution in [2.75, 3.05) is 7.05 Å². The summed E-state index contributed by atoms with van der Waals surface area (Å²) in [7, 11) is 1.50. The van der Waals surface area contributed by atoms with Crippen molar-refractivity contribution in [3.8, 4) is 0 Å². The summed E-state index contributed by atoms with van der Waals surface area (Å²) >= 11 is 0. The van der Waals surface area contributed by atoms with E-state index in [0.29, 0.717) is 0 Å². The van der Waals surface area contributed by atoms with Gasteiger partial charge in [0.25, 0.3) is 0 Å². The van der Waals surface area contributed by atoms with Crippen LogP contribution in [0.5, 0.6) is 0 Å². The second-order valence-corrected chi connectivity index (χ2v) is 0.610. The molecule has 0 atom stereocenters. The third-order valence-electron chi connectivity index (χ3n) is 0.183. The number of hydrogen-bond acceptors (Lipinski definition) is 3. The molecule has 0 saturated carbocycles. The van der Waals surface area contributed by atoms with Crippen molar-refractivity contribution in [3.05, 3.63) is 0 Å². The van der Waals surface area contributed by atoms with E-state index in [1.165, 1.54) is 7.05 Å². The summed E-state index contributed by atoms with van der Waals surface area (Å²) in [6, 6.07) is 0. The van der Waals surface area contributed by atoms with E-state index in [0.717, 1.165) is 0 Å². The Morgan fingerprint density at radius 2 is 1.25 bits per heavy atom. The summed E-state index contributed by atoms with van der Waals surface area (Å²) < 4.78 is 0. The summed E-state index contributed by atoms with van der Waals surface area (Å²) in [6.07, 6.45) is 0. The summed E-state index contributed by atoms with van der Waals surface area (Å²) in [4.78, 5) is 18.2. The Hall–Kier alpha value is -1.10. The van der Waals surface area contributed by atoms with Gasteiger partial charge in [-0.15, -0.1) is 0 Å². The van der Waals surface area contributed by atoms with E-state index in [-0.39, 0.29) is 0 Å². The maximum atomic E-state index is 9.10. The normalized spacial score (nSPS) is 6.25. The van der Waals surface area contributed by atoms with Crippen molar-refractivity contribution >= 4 is 11.9 Å². The highest BCUT2D eigenvalue weighted by molar-refractivity contribution is 6.27. The molecule has 0 aromatic carbocycles. The lowest BCUT2D eigenvalue weighted by Crippen LogP contribution is -2.09. The molecule has 0 fully saturated rings. The molecular weight excluding hydrogens is 114 g/mol. The quantitative estimate of drug-likeness (QED) is 0.347. The molecule has 0 bridgehead atoms. The lowest BCUT2D eigenvalue weighted by Gasteiger charge is -1.72. The molecule has 0 aliphatic heterocycles. The van der Waals surface area contributed by atoms with Crippen LogP contribution in [0.1, 0.15) is 0 Å². The van der Waals surface area contributed by atoms with Gasteiger partial charge in [0.1, 0.15) is 0 Å². The Bertz CT molecular complexity index is 77.3. The summed E-state index contributed by atoms with van der Waals surface area (Å²) in [5.74, 6) is -3.65. The van der Waals surface area contributed by atoms with Crippen LogP contribution >= 0.6 is 0 Å². The Labute approximate surface area is 45.7 Å². The van der Waals surface area contributed by atoms with Crippen molar-refractivity contribution in [1.29, 1.82) is 0 Å². The van der Waals surface area contributed by atoms with E-state index in [1.807, 2.05) is 0 Å². The SMILES string of the molecule is CN.O=C(O)C(=O)O. The second-order valence-electron chi connectivity index (χ2n) is 0.610. The number of carboxylic acids is 2. The molecule has 0 aliphatic rings. The van der Waals surface area contributed by atoms with Crippen LogP contribution in [-0.2, 0) is 9.59 Å². The predicted octanol–water partition coefficient (Wildman–Crippen LogP) is -1.27. The maximum absolute atomic E-state index is 9.10. The molecule has 0 radical (unpaired) electrons. The van der Waals surface area contributed by atoms with Gasteiger partial charge in [-0.1, -0.05) is 0 Å². The molecule has 5 heteroatoms. The van der Waals surface area contributed by atoms with Gasteiger partial charge in [-0.05, 0) is 7.05 Å². The predicted molar refractivity (Wildman–Crippen MR) is 25.4 cm³/mol. The minimum atomic E-state index is -1.82. The molecule has 0 unspecified atom stereocenters. The zero-order chi connectivity index (χ0) is 7.15. The van der Waals surface area contributed by atoms with E-state index >= 15 is 0 Å². The van der Waals surface area contributed by atoms with Crippen LogP contribution in [0, 0.1) is 0 Å². The highest BCUT2D eigenvalue weighted by Crippen LogP contribution is 1.56. The third kappa shape index (κ3) is 8.86. The minimum absolute atomic E-state index is 1.50. The van der Waals surface area contributed by atoms with Crippen molar-refractivity contribution in [1.82, 2.24) is 0 Å². The average Bonchev–Trinajstić information content (AvgIpc) is 1.72. The first-order chi connectivity index (χ1) is 3.64. The van der Waals surface area contributed by atoms with Crippen molar-refractivity contribution in [2.45, 2.75) is 0 Å². The van der Waals surface area contributed by atoms with Crippen LogP contribution < -0.4 is 5.73 Å². The van der Waals surface area contributed by atoms with Crippen LogP contribution in [0.4, 0.5) is 0 Å². The Morgan fingerprint density at radius 1 is 1.12 bits per heavy atom. The first-order valence-corrected chi connectivity index (χ1v) is 1.68. The highest BCUT2D eigenvalue weighted by Gasteiger charge is 2.04. The van der Waals surface area contributed by atoms with Crippen LogP contribution in [0.25, 0.3) is 0 Å². The highest BCUT2D eigenvalue weighted by atomic mass is 16.4. The van der Waals surface area contributed by atoms with Gasteiger partial charge in [-0.3, -0.25) is 0 Å². The number of carboxylic acid groups (broad SMARTS) is 2. The molecule has 5 nitrogen and oxygen atoms in total. The summed E-state index contributed by atoms with van der Waals surface area (Å²) in [5, 5.41) is 14.8. The monoisotopic (exact) mass is 121 g/mol. The molecule has 0 heterocycles. The van der Waals surface area contributed by atoms with Crippen molar-refractivity contribution in [3.63, 3.8) is 0 Å². The minimum Gasteiger partial charge on any atom is -0.473 e. The van der Waals surface area contributed by atoms with Crippen LogP contribution in [-0.4, -0.2) is 29.2 Å². The smallest absolute Gasteiger partial charge is 0.414 e. The standard InChI is InChI=1S/C2H2O4.CH5N/c3-1(4)2(5)6;1-2/h(H,3,4)(H,5,6);2H2,1H3. The largest absolute Gasteiger partial charge is 0.473 e. The van der Waals surface area contributed by atoms with Crippen LogP contribution in [0.15, 0.2) is 0 Å². The summed E-state index contributed by atoms with van der Waals surface area (Å²) in [6.45, 7) is 0. The molecule has 0 aromatic heterocycles. The zero-order valence-electron chi connectivity index (χ0n) is 4.29. The van der Waals surface area contributed by atoms with Gasteiger partial charge < -0.3 is 15.9 Å². The fourth-order valence-corrected chi connectivity index (χ4v) is 0. The topological polar surface area (TPSA) is 101 Å². The lowest BCUT2D eigenvalue weighted by atomic mass is 10.7. The van der Waals surface area contributed by atoms with Crippen LogP contribution in [0.3, 0.4) is 0 Å². The van der Waals surface area contributed by atoms with E-state index < -0.39 is 11.9 Å². The van der Waals surface area contributed by atoms with E-state index in [1.54, 1.807) is 0 Å². The number of rotatable bonds is 0. The van der Waals surface area contributed by atoms with Gasteiger partial charge in [0.05, 0.1) is 0 Å². The van der Waals surface area contributed by atoms with Gasteiger partial charge in [0.15, 0.2) is 0 Å². The number of aliphatic carboxylic acids is 2. The molecule has 0 rings (SSSR count). The lowest BCUT2D eigenvalue weighted by molar-refractivity contribution is -0.159. The number of nitrogens with two attached hydrogens (primary N) is 1. The fraction of sp³-hybridized carbons (Fsp3) is 0.333. The average molecular weight is 121 g/mol. The van der Waals surface area contributed by atoms with Crippen molar-refractivity contribution < 1.29 is 19.8 Å². The molecule has 4 N–H and O–H groups in total. The third-order valence-corrected chi connectivity index (χ3v) is 0.183. The molecule has 0 aliphatic carbocycles. The molecule has 48 valence electrons. The number of hydrogen-bond donors (Lipinski definition) is 3. The van der Waals surface area contributed by atoms with Gasteiger partial charge in [-0.25, -0.2) is 9.59 Å². The second kappa shape index (κ2) is 5.90. The fourth-order valence-electron chi connectivity index (χ4n) is 0. The number of carbonyl (C=O) groups is 2. The molecule has 8 heavy (non-hydrogen) atoms. The molecule has 0 aromatic rings. The van der Waals surface area contributed by atoms with E-state index in [4.69, 9.17) is 19.8 Å². The van der Waals surface area contributed by atoms with Gasteiger partial charge >= 0.3 is 11.9 Å². The van der Waals surface area contributed by atoms with Crippen LogP contribution in [0.2, 0.25) is 0 Å². The first-order valence-electron chi connectivity index (χ1n) is 1.68. The molecular formula is C3H7NO4. The first kappa shape index (κ1) is 10.0.